The molecule has 1 N–H and O–H groups in total. The molecule has 1 unspecified atom stereocenters. The van der Waals surface area contributed by atoms with E-state index >= 15 is 0 Å². The van der Waals surface area contributed by atoms with Crippen molar-refractivity contribution in [3.63, 3.8) is 0 Å². The molecule has 1 aliphatic heterocycles. The second kappa shape index (κ2) is 6.08. The van der Waals surface area contributed by atoms with Crippen molar-refractivity contribution in [1.29, 1.82) is 0 Å². The van der Waals surface area contributed by atoms with Gasteiger partial charge in [-0.25, -0.2) is 0 Å². The van der Waals surface area contributed by atoms with Crippen LogP contribution in [0.5, 0.6) is 0 Å². The van der Waals surface area contributed by atoms with Gasteiger partial charge in [-0.05, 0) is 20.8 Å². The number of amides is 1. The van der Waals surface area contributed by atoms with Crippen LogP contribution in [0.1, 0.15) is 20.8 Å². The monoisotopic (exact) mass is 213 g/mol. The molecule has 1 fully saturated rings. The lowest BCUT2D eigenvalue weighted by Crippen LogP contribution is -2.53. The maximum atomic E-state index is 12.1. The molecule has 1 aliphatic rings. The molecule has 1 heterocycles. The Hall–Kier alpha value is -0.610. The van der Waals surface area contributed by atoms with E-state index in [4.69, 9.17) is 0 Å². The molecule has 88 valence electrons. The van der Waals surface area contributed by atoms with Gasteiger partial charge in [0, 0.05) is 39.3 Å². The lowest BCUT2D eigenvalue weighted by Gasteiger charge is -2.34. The standard InChI is InChI=1S/C11H23N3O/c1-4-13(5-2)11(15)10(3)14-8-6-12-7-9-14/h10,12H,4-9H2,1-3H3. The summed E-state index contributed by atoms with van der Waals surface area (Å²) in [6.07, 6.45) is 0. The van der Waals surface area contributed by atoms with Crippen molar-refractivity contribution < 1.29 is 4.79 Å². The molecule has 1 rings (SSSR count). The van der Waals surface area contributed by atoms with Crippen LogP contribution < -0.4 is 5.32 Å². The highest BCUT2D eigenvalue weighted by molar-refractivity contribution is 5.81. The first-order chi connectivity index (χ1) is 7.20. The highest BCUT2D eigenvalue weighted by Gasteiger charge is 2.25. The molecule has 4 heteroatoms. The van der Waals surface area contributed by atoms with Crippen LogP contribution >= 0.6 is 0 Å². The Balaban J connectivity index is 2.49. The quantitative estimate of drug-likeness (QED) is 0.722. The largest absolute Gasteiger partial charge is 0.342 e. The van der Waals surface area contributed by atoms with Crippen molar-refractivity contribution in [1.82, 2.24) is 15.1 Å². The van der Waals surface area contributed by atoms with Crippen molar-refractivity contribution in [2.75, 3.05) is 39.3 Å². The summed E-state index contributed by atoms with van der Waals surface area (Å²) < 4.78 is 0. The number of hydrogen-bond donors (Lipinski definition) is 1. The fraction of sp³-hybridized carbons (Fsp3) is 0.909. The van der Waals surface area contributed by atoms with Crippen LogP contribution in [0.25, 0.3) is 0 Å². The van der Waals surface area contributed by atoms with Gasteiger partial charge in [0.25, 0.3) is 0 Å². The van der Waals surface area contributed by atoms with Gasteiger partial charge in [0.1, 0.15) is 0 Å². The molecule has 1 atom stereocenters. The van der Waals surface area contributed by atoms with E-state index in [2.05, 4.69) is 10.2 Å². The third-order valence-electron chi connectivity index (χ3n) is 3.13. The van der Waals surface area contributed by atoms with Gasteiger partial charge in [0.05, 0.1) is 6.04 Å². The van der Waals surface area contributed by atoms with E-state index in [-0.39, 0.29) is 11.9 Å². The summed E-state index contributed by atoms with van der Waals surface area (Å²) in [6.45, 7) is 11.7. The van der Waals surface area contributed by atoms with Gasteiger partial charge in [-0.15, -0.1) is 0 Å². The van der Waals surface area contributed by atoms with Crippen molar-refractivity contribution >= 4 is 5.91 Å². The van der Waals surface area contributed by atoms with Crippen LogP contribution in [0.3, 0.4) is 0 Å². The van der Waals surface area contributed by atoms with Gasteiger partial charge >= 0.3 is 0 Å². The zero-order chi connectivity index (χ0) is 11.3. The Morgan fingerprint density at radius 2 is 1.87 bits per heavy atom. The molecule has 0 bridgehead atoms. The normalized spacial score (nSPS) is 19.9. The predicted octanol–water partition coefficient (Wildman–Crippen LogP) is 0.149. The van der Waals surface area contributed by atoms with E-state index in [0.29, 0.717) is 0 Å². The van der Waals surface area contributed by atoms with E-state index in [1.165, 1.54) is 0 Å². The molecule has 0 aliphatic carbocycles. The van der Waals surface area contributed by atoms with E-state index < -0.39 is 0 Å². The summed E-state index contributed by atoms with van der Waals surface area (Å²) in [6, 6.07) is 0.0343. The molecule has 0 aromatic carbocycles. The molecule has 0 aromatic rings. The molecular formula is C11H23N3O. The van der Waals surface area contributed by atoms with Crippen LogP contribution in [-0.2, 0) is 4.79 Å². The average Bonchev–Trinajstić information content (AvgIpc) is 2.30. The second-order valence-electron chi connectivity index (χ2n) is 3.97. The number of carbonyl (C=O) groups excluding carboxylic acids is 1. The molecule has 15 heavy (non-hydrogen) atoms. The average molecular weight is 213 g/mol. The predicted molar refractivity (Wildman–Crippen MR) is 61.8 cm³/mol. The fourth-order valence-corrected chi connectivity index (χ4v) is 2.03. The van der Waals surface area contributed by atoms with Gasteiger partial charge in [-0.1, -0.05) is 0 Å². The van der Waals surface area contributed by atoms with Crippen LogP contribution in [-0.4, -0.2) is 61.0 Å². The minimum absolute atomic E-state index is 0.0343. The molecule has 0 aromatic heterocycles. The van der Waals surface area contributed by atoms with E-state index in [1.54, 1.807) is 0 Å². The summed E-state index contributed by atoms with van der Waals surface area (Å²) in [5.74, 6) is 0.266. The number of likely N-dealkylation sites (N-methyl/N-ethyl adjacent to an activating group) is 1. The summed E-state index contributed by atoms with van der Waals surface area (Å²) in [5, 5.41) is 3.30. The van der Waals surface area contributed by atoms with Gasteiger partial charge in [-0.2, -0.15) is 0 Å². The lowest BCUT2D eigenvalue weighted by atomic mass is 10.2. The SMILES string of the molecule is CCN(CC)C(=O)C(C)N1CCNCC1. The third kappa shape index (κ3) is 3.18. The number of hydrogen-bond acceptors (Lipinski definition) is 3. The first-order valence-electron chi connectivity index (χ1n) is 5.94. The maximum absolute atomic E-state index is 12.1. The number of rotatable bonds is 4. The smallest absolute Gasteiger partial charge is 0.239 e. The third-order valence-corrected chi connectivity index (χ3v) is 3.13. The zero-order valence-corrected chi connectivity index (χ0v) is 10.1. The molecule has 0 radical (unpaired) electrons. The van der Waals surface area contributed by atoms with Crippen molar-refractivity contribution in [3.05, 3.63) is 0 Å². The fourth-order valence-electron chi connectivity index (χ4n) is 2.03. The first kappa shape index (κ1) is 12.5. The lowest BCUT2D eigenvalue weighted by molar-refractivity contribution is -0.136. The summed E-state index contributed by atoms with van der Waals surface area (Å²) in [7, 11) is 0. The minimum atomic E-state index is 0.0343. The van der Waals surface area contributed by atoms with Crippen molar-refractivity contribution in [2.45, 2.75) is 26.8 Å². The minimum Gasteiger partial charge on any atom is -0.342 e. The highest BCUT2D eigenvalue weighted by Crippen LogP contribution is 2.05. The second-order valence-corrected chi connectivity index (χ2v) is 3.97. The van der Waals surface area contributed by atoms with Gasteiger partial charge in [0.2, 0.25) is 5.91 Å². The Bertz CT molecular complexity index is 198. The highest BCUT2D eigenvalue weighted by atomic mass is 16.2. The number of nitrogens with one attached hydrogen (secondary N) is 1. The Labute approximate surface area is 92.6 Å². The van der Waals surface area contributed by atoms with E-state index in [9.17, 15) is 4.79 Å². The number of piperazine rings is 1. The molecule has 1 amide bonds. The van der Waals surface area contributed by atoms with Crippen LogP contribution in [0, 0.1) is 0 Å². The van der Waals surface area contributed by atoms with Gasteiger partial charge < -0.3 is 10.2 Å². The topological polar surface area (TPSA) is 35.6 Å². The number of carbonyl (C=O) groups is 1. The molecular weight excluding hydrogens is 190 g/mol. The van der Waals surface area contributed by atoms with Gasteiger partial charge in [0.15, 0.2) is 0 Å². The Morgan fingerprint density at radius 3 is 2.33 bits per heavy atom. The first-order valence-corrected chi connectivity index (χ1v) is 5.94. The Morgan fingerprint density at radius 1 is 1.33 bits per heavy atom. The summed E-state index contributed by atoms with van der Waals surface area (Å²) in [5.41, 5.74) is 0. The molecule has 4 nitrogen and oxygen atoms in total. The van der Waals surface area contributed by atoms with Gasteiger partial charge in [-0.3, -0.25) is 9.69 Å². The van der Waals surface area contributed by atoms with E-state index in [1.807, 2.05) is 25.7 Å². The van der Waals surface area contributed by atoms with E-state index in [0.717, 1.165) is 39.3 Å². The Kier molecular flexibility index (Phi) is 5.05. The molecule has 1 saturated heterocycles. The zero-order valence-electron chi connectivity index (χ0n) is 10.1. The summed E-state index contributed by atoms with van der Waals surface area (Å²) in [4.78, 5) is 16.2. The van der Waals surface area contributed by atoms with Crippen LogP contribution in [0.4, 0.5) is 0 Å². The van der Waals surface area contributed by atoms with Crippen molar-refractivity contribution in [3.8, 4) is 0 Å². The van der Waals surface area contributed by atoms with Crippen LogP contribution in [0.15, 0.2) is 0 Å². The molecule has 0 spiro atoms. The summed E-state index contributed by atoms with van der Waals surface area (Å²) >= 11 is 0. The number of nitrogens with zero attached hydrogens (tertiary/aromatic N) is 2. The van der Waals surface area contributed by atoms with Crippen LogP contribution in [0.2, 0.25) is 0 Å². The maximum Gasteiger partial charge on any atom is 0.239 e. The molecule has 0 saturated carbocycles. The van der Waals surface area contributed by atoms with Crippen molar-refractivity contribution in [2.24, 2.45) is 0 Å².